The molecule has 11 heteroatoms. The Morgan fingerprint density at radius 2 is 1.43 bits per heavy atom. The van der Waals surface area contributed by atoms with Crippen molar-refractivity contribution in [1.82, 2.24) is 0 Å². The number of carbonyl (C=O) groups excluding carboxylic acids is 1. The summed E-state index contributed by atoms with van der Waals surface area (Å²) in [7, 11) is 0. The Morgan fingerprint density at radius 1 is 0.870 bits per heavy atom. The minimum absolute atomic E-state index is 0.0964. The summed E-state index contributed by atoms with van der Waals surface area (Å²) in [6, 6.07) is 0. The van der Waals surface area contributed by atoms with Gasteiger partial charge in [0.1, 0.15) is 61.0 Å². The molecule has 0 bridgehead atoms. The summed E-state index contributed by atoms with van der Waals surface area (Å²) in [4.78, 5) is 10.3. The van der Waals surface area contributed by atoms with E-state index in [1.54, 1.807) is 0 Å². The molecule has 0 saturated carbocycles. The second-order valence-corrected chi connectivity index (χ2v) is 5.38. The second kappa shape index (κ2) is 8.39. The standard InChI is InChI=1S/C12H22O11/c13-1-3(15)5(16)7(18)9(20)11(22)12-10(21)8(19)6(17)4(2-14)23-12/h1,3-12,14-22H,2H2/t3?,4-,5?,6+,7?,8+,9?,10-,11?,12?/m1/s1. The van der Waals surface area contributed by atoms with Gasteiger partial charge in [-0.05, 0) is 0 Å². The van der Waals surface area contributed by atoms with E-state index in [-0.39, 0.29) is 6.29 Å². The molecule has 0 aromatic carbocycles. The lowest BCUT2D eigenvalue weighted by Crippen LogP contribution is -2.64. The highest BCUT2D eigenvalue weighted by molar-refractivity contribution is 5.56. The molecule has 136 valence electrons. The van der Waals surface area contributed by atoms with Crippen LogP contribution in [0.1, 0.15) is 0 Å². The Labute approximate surface area is 130 Å². The summed E-state index contributed by atoms with van der Waals surface area (Å²) in [5.41, 5.74) is 0. The summed E-state index contributed by atoms with van der Waals surface area (Å²) in [5, 5.41) is 85.9. The van der Waals surface area contributed by atoms with Crippen LogP contribution in [-0.2, 0) is 9.53 Å². The van der Waals surface area contributed by atoms with Crippen LogP contribution in [0.2, 0.25) is 0 Å². The summed E-state index contributed by atoms with van der Waals surface area (Å²) in [6.45, 7) is -0.765. The smallest absolute Gasteiger partial charge is 0.151 e. The van der Waals surface area contributed by atoms with Crippen molar-refractivity contribution in [3.05, 3.63) is 0 Å². The molecule has 1 saturated heterocycles. The molecule has 0 aromatic rings. The van der Waals surface area contributed by atoms with Gasteiger partial charge in [0.25, 0.3) is 0 Å². The first-order chi connectivity index (χ1) is 10.7. The molecule has 0 aliphatic carbocycles. The first-order valence-corrected chi connectivity index (χ1v) is 6.83. The van der Waals surface area contributed by atoms with Gasteiger partial charge in [-0.1, -0.05) is 0 Å². The highest BCUT2D eigenvalue weighted by atomic mass is 16.6. The molecule has 0 radical (unpaired) electrons. The predicted octanol–water partition coefficient (Wildman–Crippen LogP) is -6.17. The lowest BCUT2D eigenvalue weighted by atomic mass is 9.88. The van der Waals surface area contributed by atoms with Crippen LogP contribution in [0.5, 0.6) is 0 Å². The number of hydrogen-bond donors (Lipinski definition) is 9. The summed E-state index contributed by atoms with van der Waals surface area (Å²) < 4.78 is 4.99. The monoisotopic (exact) mass is 342 g/mol. The molecular formula is C12H22O11. The number of aldehydes is 1. The van der Waals surface area contributed by atoms with Gasteiger partial charge in [0, 0.05) is 0 Å². The van der Waals surface area contributed by atoms with Crippen molar-refractivity contribution in [3.63, 3.8) is 0 Å². The number of ether oxygens (including phenoxy) is 1. The molecule has 9 N–H and O–H groups in total. The van der Waals surface area contributed by atoms with Crippen LogP contribution >= 0.6 is 0 Å². The molecule has 1 aliphatic rings. The van der Waals surface area contributed by atoms with E-state index in [0.717, 1.165) is 0 Å². The van der Waals surface area contributed by atoms with Crippen molar-refractivity contribution in [2.24, 2.45) is 0 Å². The van der Waals surface area contributed by atoms with E-state index in [9.17, 15) is 40.5 Å². The fourth-order valence-corrected chi connectivity index (χ4v) is 2.29. The van der Waals surface area contributed by atoms with Gasteiger partial charge in [-0.15, -0.1) is 0 Å². The van der Waals surface area contributed by atoms with Gasteiger partial charge >= 0.3 is 0 Å². The van der Waals surface area contributed by atoms with Crippen LogP contribution < -0.4 is 0 Å². The van der Waals surface area contributed by atoms with Crippen molar-refractivity contribution in [2.45, 2.75) is 61.0 Å². The van der Waals surface area contributed by atoms with Crippen molar-refractivity contribution >= 4 is 6.29 Å². The van der Waals surface area contributed by atoms with Gasteiger partial charge in [0.15, 0.2) is 6.29 Å². The summed E-state index contributed by atoms with van der Waals surface area (Å²) in [6.07, 6.45) is -19.1. The Balaban J connectivity index is 2.85. The van der Waals surface area contributed by atoms with E-state index in [2.05, 4.69) is 0 Å². The van der Waals surface area contributed by atoms with Gasteiger partial charge in [0.05, 0.1) is 6.61 Å². The number of aliphatic hydroxyl groups is 9. The van der Waals surface area contributed by atoms with E-state index in [1.807, 2.05) is 0 Å². The summed E-state index contributed by atoms with van der Waals surface area (Å²) >= 11 is 0. The first kappa shape index (κ1) is 20.3. The molecule has 0 aromatic heterocycles. The predicted molar refractivity (Wildman–Crippen MR) is 69.9 cm³/mol. The van der Waals surface area contributed by atoms with Crippen LogP contribution in [0.15, 0.2) is 0 Å². The fourth-order valence-electron chi connectivity index (χ4n) is 2.29. The van der Waals surface area contributed by atoms with Crippen LogP contribution in [0.25, 0.3) is 0 Å². The molecule has 1 heterocycles. The Hall–Kier alpha value is -0.730. The van der Waals surface area contributed by atoms with Gasteiger partial charge < -0.3 is 55.5 Å². The van der Waals surface area contributed by atoms with E-state index in [0.29, 0.717) is 0 Å². The third kappa shape index (κ3) is 4.22. The van der Waals surface area contributed by atoms with E-state index >= 15 is 0 Å². The van der Waals surface area contributed by atoms with Gasteiger partial charge in [-0.25, -0.2) is 0 Å². The third-order valence-corrected chi connectivity index (χ3v) is 3.80. The molecule has 10 atom stereocenters. The first-order valence-electron chi connectivity index (χ1n) is 6.83. The van der Waals surface area contributed by atoms with Crippen LogP contribution in [0.3, 0.4) is 0 Å². The molecule has 0 spiro atoms. The zero-order chi connectivity index (χ0) is 17.9. The molecule has 1 rings (SSSR count). The second-order valence-electron chi connectivity index (χ2n) is 5.38. The average Bonchev–Trinajstić information content (AvgIpc) is 2.56. The number of rotatable bonds is 7. The maximum absolute atomic E-state index is 10.3. The average molecular weight is 342 g/mol. The van der Waals surface area contributed by atoms with Crippen molar-refractivity contribution in [3.8, 4) is 0 Å². The lowest BCUT2D eigenvalue weighted by Gasteiger charge is -2.43. The molecule has 1 aliphatic heterocycles. The zero-order valence-corrected chi connectivity index (χ0v) is 11.9. The summed E-state index contributed by atoms with van der Waals surface area (Å²) in [5.74, 6) is 0. The molecule has 0 amide bonds. The van der Waals surface area contributed by atoms with E-state index in [4.69, 9.17) is 14.9 Å². The van der Waals surface area contributed by atoms with E-state index in [1.165, 1.54) is 0 Å². The van der Waals surface area contributed by atoms with Crippen LogP contribution in [0, 0.1) is 0 Å². The highest BCUT2D eigenvalue weighted by Gasteiger charge is 2.49. The molecule has 1 fully saturated rings. The minimum atomic E-state index is -2.18. The molecule has 11 nitrogen and oxygen atoms in total. The number of aliphatic hydroxyl groups excluding tert-OH is 9. The topological polar surface area (TPSA) is 208 Å². The third-order valence-electron chi connectivity index (χ3n) is 3.80. The largest absolute Gasteiger partial charge is 0.394 e. The van der Waals surface area contributed by atoms with Crippen molar-refractivity contribution < 1.29 is 55.5 Å². The van der Waals surface area contributed by atoms with Gasteiger partial charge in [-0.2, -0.15) is 0 Å². The quantitative estimate of drug-likeness (QED) is 0.199. The number of hydrogen-bond acceptors (Lipinski definition) is 11. The Morgan fingerprint density at radius 3 is 1.91 bits per heavy atom. The molecule has 6 unspecified atom stereocenters. The maximum atomic E-state index is 10.3. The van der Waals surface area contributed by atoms with Crippen LogP contribution in [-0.4, -0.2) is 120 Å². The maximum Gasteiger partial charge on any atom is 0.151 e. The normalized spacial score (nSPS) is 38.4. The Kier molecular flexibility index (Phi) is 7.41. The van der Waals surface area contributed by atoms with Crippen LogP contribution in [0.4, 0.5) is 0 Å². The zero-order valence-electron chi connectivity index (χ0n) is 11.9. The lowest BCUT2D eigenvalue weighted by molar-refractivity contribution is -0.264. The molecular weight excluding hydrogens is 320 g/mol. The highest BCUT2D eigenvalue weighted by Crippen LogP contribution is 2.25. The molecule has 23 heavy (non-hydrogen) atoms. The fraction of sp³-hybridized carbons (Fsp3) is 0.917. The minimum Gasteiger partial charge on any atom is -0.394 e. The van der Waals surface area contributed by atoms with Crippen molar-refractivity contribution in [1.29, 1.82) is 0 Å². The van der Waals surface area contributed by atoms with Crippen molar-refractivity contribution in [2.75, 3.05) is 6.61 Å². The SMILES string of the molecule is O=CC(O)C(O)C(O)C(O)C(O)C1O[C@H](CO)[C@H](O)[C@H](O)[C@H]1O. The van der Waals surface area contributed by atoms with Gasteiger partial charge in [0.2, 0.25) is 0 Å². The Bertz CT molecular complexity index is 378. The number of carbonyl (C=O) groups is 1. The van der Waals surface area contributed by atoms with Gasteiger partial charge in [-0.3, -0.25) is 0 Å². The van der Waals surface area contributed by atoms with E-state index < -0.39 is 67.6 Å².